The number of nitrogens with one attached hydrogen (secondary N) is 2. The maximum absolute atomic E-state index is 13.9. The number of piperidine rings is 1. The number of amides is 1. The minimum Gasteiger partial charge on any atom is -0.357 e. The third kappa shape index (κ3) is 6.42. The lowest BCUT2D eigenvalue weighted by atomic mass is 9.96. The van der Waals surface area contributed by atoms with Crippen LogP contribution in [0.25, 0.3) is 0 Å². The van der Waals surface area contributed by atoms with E-state index in [1.807, 2.05) is 24.0 Å². The first-order valence-electron chi connectivity index (χ1n) is 11.4. The largest absolute Gasteiger partial charge is 0.357 e. The number of aliphatic imine (C=N–C) groups is 1. The molecule has 0 aliphatic carbocycles. The SMILES string of the molecule is CCNC(=NCC1CCN(Cc2ccccc2F)CC1)NC1CCN(C(=O)CC)C1. The highest BCUT2D eigenvalue weighted by Gasteiger charge is 2.26. The van der Waals surface area contributed by atoms with Crippen LogP contribution < -0.4 is 10.6 Å². The van der Waals surface area contributed by atoms with Crippen LogP contribution in [-0.2, 0) is 11.3 Å². The van der Waals surface area contributed by atoms with Crippen LogP contribution in [0.3, 0.4) is 0 Å². The van der Waals surface area contributed by atoms with Gasteiger partial charge in [-0.15, -0.1) is 0 Å². The molecule has 0 bridgehead atoms. The minimum atomic E-state index is -0.114. The summed E-state index contributed by atoms with van der Waals surface area (Å²) in [5, 5.41) is 6.84. The molecule has 1 aromatic rings. The lowest BCUT2D eigenvalue weighted by Crippen LogP contribution is -2.45. The van der Waals surface area contributed by atoms with Gasteiger partial charge in [-0.05, 0) is 51.3 Å². The Morgan fingerprint density at radius 3 is 2.63 bits per heavy atom. The van der Waals surface area contributed by atoms with Crippen LogP contribution in [0.5, 0.6) is 0 Å². The summed E-state index contributed by atoms with van der Waals surface area (Å²) in [4.78, 5) is 21.0. The van der Waals surface area contributed by atoms with Crippen molar-refractivity contribution in [2.45, 2.75) is 52.1 Å². The topological polar surface area (TPSA) is 60.0 Å². The average molecular weight is 418 g/mol. The molecule has 3 rings (SSSR count). The third-order valence-corrected chi connectivity index (χ3v) is 6.10. The van der Waals surface area contributed by atoms with Crippen molar-refractivity contribution < 1.29 is 9.18 Å². The van der Waals surface area contributed by atoms with Gasteiger partial charge in [0.2, 0.25) is 5.91 Å². The predicted octanol–water partition coefficient (Wildman–Crippen LogP) is 2.60. The molecule has 1 atom stereocenters. The summed E-state index contributed by atoms with van der Waals surface area (Å²) in [6.07, 6.45) is 3.69. The Morgan fingerprint density at radius 2 is 1.93 bits per heavy atom. The van der Waals surface area contributed by atoms with Crippen molar-refractivity contribution in [3.05, 3.63) is 35.6 Å². The van der Waals surface area contributed by atoms with E-state index < -0.39 is 0 Å². The fourth-order valence-corrected chi connectivity index (χ4v) is 4.26. The maximum Gasteiger partial charge on any atom is 0.222 e. The molecule has 0 radical (unpaired) electrons. The first-order chi connectivity index (χ1) is 14.6. The normalized spacial score (nSPS) is 21.1. The summed E-state index contributed by atoms with van der Waals surface area (Å²) in [6.45, 7) is 9.82. The quantitative estimate of drug-likeness (QED) is 0.529. The van der Waals surface area contributed by atoms with Gasteiger partial charge in [-0.3, -0.25) is 14.7 Å². The summed E-state index contributed by atoms with van der Waals surface area (Å²) in [5.41, 5.74) is 0.778. The Kier molecular flexibility index (Phi) is 8.49. The van der Waals surface area contributed by atoms with E-state index in [-0.39, 0.29) is 17.8 Å². The Morgan fingerprint density at radius 1 is 1.17 bits per heavy atom. The number of carbonyl (C=O) groups excluding carboxylic acids is 1. The minimum absolute atomic E-state index is 0.114. The molecule has 2 heterocycles. The maximum atomic E-state index is 13.9. The number of hydrogen-bond acceptors (Lipinski definition) is 3. The molecule has 0 spiro atoms. The molecule has 2 N–H and O–H groups in total. The van der Waals surface area contributed by atoms with Crippen molar-refractivity contribution in [3.8, 4) is 0 Å². The van der Waals surface area contributed by atoms with Gasteiger partial charge in [0.25, 0.3) is 0 Å². The van der Waals surface area contributed by atoms with Crippen molar-refractivity contribution in [1.82, 2.24) is 20.4 Å². The van der Waals surface area contributed by atoms with Crippen LogP contribution in [0.2, 0.25) is 0 Å². The molecule has 1 aromatic carbocycles. The fraction of sp³-hybridized carbons (Fsp3) is 0.652. The smallest absolute Gasteiger partial charge is 0.222 e. The van der Waals surface area contributed by atoms with Crippen molar-refractivity contribution >= 4 is 11.9 Å². The Hall–Kier alpha value is -2.15. The van der Waals surface area contributed by atoms with E-state index in [1.165, 1.54) is 6.07 Å². The predicted molar refractivity (Wildman–Crippen MR) is 119 cm³/mol. The third-order valence-electron chi connectivity index (χ3n) is 6.10. The molecular formula is C23H36FN5O. The van der Waals surface area contributed by atoms with E-state index in [0.29, 0.717) is 18.9 Å². The molecule has 0 aromatic heterocycles. The van der Waals surface area contributed by atoms with Crippen molar-refractivity contribution in [1.29, 1.82) is 0 Å². The van der Waals surface area contributed by atoms with E-state index in [9.17, 15) is 9.18 Å². The number of benzene rings is 1. The molecule has 0 saturated carbocycles. The zero-order chi connectivity index (χ0) is 21.3. The van der Waals surface area contributed by atoms with Crippen LogP contribution in [0.4, 0.5) is 4.39 Å². The number of hydrogen-bond donors (Lipinski definition) is 2. The number of carbonyl (C=O) groups is 1. The molecule has 30 heavy (non-hydrogen) atoms. The van der Waals surface area contributed by atoms with Gasteiger partial charge in [0, 0.05) is 50.7 Å². The van der Waals surface area contributed by atoms with Crippen LogP contribution in [0, 0.1) is 11.7 Å². The van der Waals surface area contributed by atoms with Gasteiger partial charge < -0.3 is 15.5 Å². The van der Waals surface area contributed by atoms with Gasteiger partial charge in [-0.1, -0.05) is 25.1 Å². The second-order valence-electron chi connectivity index (χ2n) is 8.35. The van der Waals surface area contributed by atoms with Crippen LogP contribution in [0.15, 0.2) is 29.3 Å². The molecule has 2 aliphatic rings. The van der Waals surface area contributed by atoms with E-state index in [0.717, 1.165) is 70.1 Å². The van der Waals surface area contributed by atoms with E-state index in [4.69, 9.17) is 4.99 Å². The monoisotopic (exact) mass is 417 g/mol. The highest BCUT2D eigenvalue weighted by Crippen LogP contribution is 2.20. The number of guanidine groups is 1. The fourth-order valence-electron chi connectivity index (χ4n) is 4.26. The van der Waals surface area contributed by atoms with Crippen LogP contribution >= 0.6 is 0 Å². The highest BCUT2D eigenvalue weighted by atomic mass is 19.1. The Bertz CT molecular complexity index is 717. The molecular weight excluding hydrogens is 381 g/mol. The standard InChI is InChI=1S/C23H36FN5O/c1-3-22(30)29-14-11-20(17-29)27-23(25-4-2)26-15-18-9-12-28(13-10-18)16-19-7-5-6-8-21(19)24/h5-8,18,20H,3-4,9-17H2,1-2H3,(H2,25,26,27). The second-order valence-corrected chi connectivity index (χ2v) is 8.35. The van der Waals surface area contributed by atoms with Gasteiger partial charge in [0.15, 0.2) is 5.96 Å². The summed E-state index contributed by atoms with van der Waals surface area (Å²) in [7, 11) is 0. The second kappa shape index (κ2) is 11.3. The summed E-state index contributed by atoms with van der Waals surface area (Å²) >= 11 is 0. The average Bonchev–Trinajstić information content (AvgIpc) is 3.23. The first kappa shape index (κ1) is 22.5. The van der Waals surface area contributed by atoms with Crippen LogP contribution in [0.1, 0.15) is 45.1 Å². The molecule has 2 saturated heterocycles. The molecule has 2 aliphatic heterocycles. The van der Waals surface area contributed by atoms with E-state index in [1.54, 1.807) is 6.07 Å². The number of likely N-dealkylation sites (tertiary alicyclic amines) is 2. The van der Waals surface area contributed by atoms with Crippen LogP contribution in [-0.4, -0.2) is 67.0 Å². The highest BCUT2D eigenvalue weighted by molar-refractivity contribution is 5.80. The zero-order valence-electron chi connectivity index (χ0n) is 18.4. The van der Waals surface area contributed by atoms with Gasteiger partial charge >= 0.3 is 0 Å². The van der Waals surface area contributed by atoms with Crippen molar-refractivity contribution in [2.24, 2.45) is 10.9 Å². The van der Waals surface area contributed by atoms with E-state index in [2.05, 4.69) is 22.5 Å². The number of nitrogens with zero attached hydrogens (tertiary/aromatic N) is 3. The molecule has 2 fully saturated rings. The summed E-state index contributed by atoms with van der Waals surface area (Å²) < 4.78 is 13.9. The van der Waals surface area contributed by atoms with Gasteiger partial charge in [-0.2, -0.15) is 0 Å². The molecule has 7 heteroatoms. The molecule has 1 amide bonds. The lowest BCUT2D eigenvalue weighted by molar-refractivity contribution is -0.129. The molecule has 1 unspecified atom stereocenters. The lowest BCUT2D eigenvalue weighted by Gasteiger charge is -2.31. The molecule has 6 nitrogen and oxygen atoms in total. The Balaban J connectivity index is 1.44. The summed E-state index contributed by atoms with van der Waals surface area (Å²) in [6, 6.07) is 7.31. The first-order valence-corrected chi connectivity index (χ1v) is 11.4. The number of rotatable bonds is 7. The molecule has 166 valence electrons. The van der Waals surface area contributed by atoms with Gasteiger partial charge in [0.1, 0.15) is 5.82 Å². The zero-order valence-corrected chi connectivity index (χ0v) is 18.4. The summed E-state index contributed by atoms with van der Waals surface area (Å²) in [5.74, 6) is 1.52. The van der Waals surface area contributed by atoms with E-state index >= 15 is 0 Å². The van der Waals surface area contributed by atoms with Crippen molar-refractivity contribution in [2.75, 3.05) is 39.3 Å². The van der Waals surface area contributed by atoms with Crippen molar-refractivity contribution in [3.63, 3.8) is 0 Å². The Labute approximate surface area is 179 Å². The number of halogens is 1. The van der Waals surface area contributed by atoms with Gasteiger partial charge in [0.05, 0.1) is 0 Å². The van der Waals surface area contributed by atoms with Gasteiger partial charge in [-0.25, -0.2) is 4.39 Å².